The van der Waals surface area contributed by atoms with E-state index < -0.39 is 24.5 Å². The second-order valence-electron chi connectivity index (χ2n) is 8.28. The van der Waals surface area contributed by atoms with Crippen LogP contribution in [0, 0.1) is 0 Å². The van der Waals surface area contributed by atoms with Gasteiger partial charge in [-0.15, -0.1) is 0 Å². The molecule has 1 aliphatic heterocycles. The molecule has 1 heterocycles. The molecule has 200 valence electrons. The molecule has 0 spiro atoms. The third-order valence-electron chi connectivity index (χ3n) is 5.92. The first-order chi connectivity index (χ1) is 17.1. The number of alkyl halides is 2. The molecule has 1 fully saturated rings. The van der Waals surface area contributed by atoms with Gasteiger partial charge in [-0.3, -0.25) is 4.90 Å². The zero-order chi connectivity index (χ0) is 26.7. The van der Waals surface area contributed by atoms with Crippen LogP contribution in [0.15, 0.2) is 42.5 Å². The summed E-state index contributed by atoms with van der Waals surface area (Å²) < 4.78 is 38.3. The van der Waals surface area contributed by atoms with Crippen LogP contribution in [0.5, 0.6) is 5.75 Å². The van der Waals surface area contributed by atoms with E-state index in [9.17, 15) is 13.6 Å². The predicted molar refractivity (Wildman–Crippen MR) is 138 cm³/mol. The molecule has 6 nitrogen and oxygen atoms in total. The first kappa shape index (κ1) is 30.3. The maximum Gasteiger partial charge on any atom is 0.375 e. The lowest BCUT2D eigenvalue weighted by Crippen LogP contribution is -2.47. The molecule has 10 heteroatoms. The molecule has 36 heavy (non-hydrogen) atoms. The lowest BCUT2D eigenvalue weighted by Gasteiger charge is -2.34. The highest BCUT2D eigenvalue weighted by molar-refractivity contribution is 6.35. The van der Waals surface area contributed by atoms with Gasteiger partial charge in [0.25, 0.3) is 0 Å². The summed E-state index contributed by atoms with van der Waals surface area (Å²) in [5.74, 6) is -5.32. The third kappa shape index (κ3) is 9.16. The number of aliphatic carboxylic acids is 1. The molecule has 1 N–H and O–H groups in total. The van der Waals surface area contributed by atoms with Crippen molar-refractivity contribution in [3.8, 4) is 5.75 Å². The summed E-state index contributed by atoms with van der Waals surface area (Å²) in [4.78, 5) is 14.4. The van der Waals surface area contributed by atoms with Crippen molar-refractivity contribution < 1.29 is 28.2 Å². The Bertz CT molecular complexity index is 934. The van der Waals surface area contributed by atoms with Crippen molar-refractivity contribution in [1.29, 1.82) is 0 Å². The van der Waals surface area contributed by atoms with Crippen molar-refractivity contribution in [2.24, 2.45) is 0 Å². The molecule has 1 aliphatic rings. The van der Waals surface area contributed by atoms with E-state index in [4.69, 9.17) is 37.8 Å². The van der Waals surface area contributed by atoms with Crippen LogP contribution in [0.4, 0.5) is 8.78 Å². The zero-order valence-electron chi connectivity index (χ0n) is 20.9. The van der Waals surface area contributed by atoms with E-state index in [1.54, 1.807) is 42.5 Å². The van der Waals surface area contributed by atoms with Crippen molar-refractivity contribution in [3.63, 3.8) is 0 Å². The minimum atomic E-state index is -3.79. The molecule has 1 saturated heterocycles. The lowest BCUT2D eigenvalue weighted by atomic mass is 10.1. The summed E-state index contributed by atoms with van der Waals surface area (Å²) in [7, 11) is 0. The van der Waals surface area contributed by atoms with E-state index in [-0.39, 0.29) is 26.3 Å². The van der Waals surface area contributed by atoms with Crippen LogP contribution in [0.25, 0.3) is 0 Å². The average molecular weight is 547 g/mol. The highest BCUT2D eigenvalue weighted by atomic mass is 35.5. The number of nitrogens with zero attached hydrogens (tertiary/aromatic N) is 2. The van der Waals surface area contributed by atoms with Gasteiger partial charge in [0.05, 0.1) is 19.3 Å². The molecule has 0 amide bonds. The molecule has 0 aliphatic carbocycles. The van der Waals surface area contributed by atoms with Crippen LogP contribution in [0.1, 0.15) is 38.0 Å². The molecule has 0 bridgehead atoms. The number of carboxylic acids is 1. The van der Waals surface area contributed by atoms with Crippen LogP contribution in [-0.4, -0.2) is 72.7 Å². The van der Waals surface area contributed by atoms with Gasteiger partial charge in [0.2, 0.25) is 0 Å². The van der Waals surface area contributed by atoms with Gasteiger partial charge in [-0.1, -0.05) is 62.2 Å². The Morgan fingerprint density at radius 3 is 2.19 bits per heavy atom. The SMILES string of the molecule is CCN(CC)CC.O=C(O)C(F)(F)CN1CCOC(c2ccc(OCc3c(Cl)cccc3Cl)cc2)C1. The Morgan fingerprint density at radius 2 is 1.69 bits per heavy atom. The number of ether oxygens (including phenoxy) is 2. The van der Waals surface area contributed by atoms with E-state index in [1.807, 2.05) is 0 Å². The number of halogens is 4. The van der Waals surface area contributed by atoms with Crippen molar-refractivity contribution >= 4 is 29.2 Å². The van der Waals surface area contributed by atoms with Crippen molar-refractivity contribution in [2.75, 3.05) is 45.9 Å². The molecule has 3 rings (SSSR count). The molecule has 2 aromatic rings. The summed E-state index contributed by atoms with van der Waals surface area (Å²) >= 11 is 12.3. The Balaban J connectivity index is 0.000000572. The molecule has 2 aromatic carbocycles. The standard InChI is InChI=1S/C20H19Cl2F2NO4.C6H15N/c21-16-2-1-3-17(22)15(16)11-29-14-6-4-13(5-7-14)18-10-25(8-9-28-18)12-20(23,24)19(26)27;1-4-7(5-2)6-3/h1-7,18H,8-12H2,(H,26,27);4-6H2,1-3H3. The van der Waals surface area contributed by atoms with Crippen molar-refractivity contribution in [3.05, 3.63) is 63.6 Å². The summed E-state index contributed by atoms with van der Waals surface area (Å²) in [6, 6.07) is 12.3. The fourth-order valence-electron chi connectivity index (χ4n) is 3.67. The lowest BCUT2D eigenvalue weighted by molar-refractivity contribution is -0.170. The summed E-state index contributed by atoms with van der Waals surface area (Å²) in [6.45, 7) is 10.2. The minimum Gasteiger partial charge on any atom is -0.489 e. The van der Waals surface area contributed by atoms with Gasteiger partial charge in [-0.25, -0.2) is 4.79 Å². The van der Waals surface area contributed by atoms with Crippen LogP contribution in [0.2, 0.25) is 10.0 Å². The topological polar surface area (TPSA) is 62.2 Å². The molecule has 0 aromatic heterocycles. The largest absolute Gasteiger partial charge is 0.489 e. The summed E-state index contributed by atoms with van der Waals surface area (Å²) in [6.07, 6.45) is -0.430. The number of morpholine rings is 1. The summed E-state index contributed by atoms with van der Waals surface area (Å²) in [5, 5.41) is 9.65. The Morgan fingerprint density at radius 1 is 1.11 bits per heavy atom. The number of carboxylic acid groups (broad SMARTS) is 1. The Kier molecular flexibility index (Phi) is 12.3. The smallest absolute Gasteiger partial charge is 0.375 e. The minimum absolute atomic E-state index is 0.179. The molecule has 1 atom stereocenters. The molecule has 0 radical (unpaired) electrons. The van der Waals surface area contributed by atoms with Gasteiger partial charge in [0.1, 0.15) is 12.4 Å². The predicted octanol–water partition coefficient (Wildman–Crippen LogP) is 6.01. The van der Waals surface area contributed by atoms with E-state index in [2.05, 4.69) is 25.7 Å². The first-order valence-corrected chi connectivity index (χ1v) is 12.7. The van der Waals surface area contributed by atoms with Gasteiger partial charge in [-0.05, 0) is 49.5 Å². The van der Waals surface area contributed by atoms with Gasteiger partial charge in [-0.2, -0.15) is 8.78 Å². The quantitative estimate of drug-likeness (QED) is 0.393. The van der Waals surface area contributed by atoms with Gasteiger partial charge in [0, 0.05) is 28.7 Å². The number of benzene rings is 2. The maximum atomic E-state index is 13.5. The van der Waals surface area contributed by atoms with Crippen LogP contribution in [-0.2, 0) is 16.1 Å². The summed E-state index contributed by atoms with van der Waals surface area (Å²) in [5.41, 5.74) is 1.47. The Labute approximate surface area is 221 Å². The number of hydrogen-bond acceptors (Lipinski definition) is 5. The van der Waals surface area contributed by atoms with Crippen LogP contribution in [0.3, 0.4) is 0 Å². The first-order valence-electron chi connectivity index (χ1n) is 11.9. The second kappa shape index (κ2) is 14.7. The fourth-order valence-corrected chi connectivity index (χ4v) is 4.18. The van der Waals surface area contributed by atoms with Gasteiger partial charge in [0.15, 0.2) is 0 Å². The maximum absolute atomic E-state index is 13.5. The van der Waals surface area contributed by atoms with Crippen LogP contribution < -0.4 is 4.74 Å². The highest BCUT2D eigenvalue weighted by Crippen LogP contribution is 2.28. The van der Waals surface area contributed by atoms with Crippen molar-refractivity contribution in [1.82, 2.24) is 9.80 Å². The average Bonchev–Trinajstić information content (AvgIpc) is 2.85. The normalized spacial score (nSPS) is 16.4. The zero-order valence-corrected chi connectivity index (χ0v) is 22.4. The number of hydrogen-bond donors (Lipinski definition) is 1. The van der Waals surface area contributed by atoms with Crippen LogP contribution >= 0.6 is 23.2 Å². The highest BCUT2D eigenvalue weighted by Gasteiger charge is 2.41. The van der Waals surface area contributed by atoms with E-state index in [1.165, 1.54) is 24.5 Å². The van der Waals surface area contributed by atoms with E-state index in [0.29, 0.717) is 21.4 Å². The van der Waals surface area contributed by atoms with Gasteiger partial charge < -0.3 is 19.5 Å². The van der Waals surface area contributed by atoms with E-state index in [0.717, 1.165) is 5.56 Å². The Hall–Kier alpha value is -1.97. The second-order valence-corrected chi connectivity index (χ2v) is 9.10. The molecular formula is C26H34Cl2F2N2O4. The monoisotopic (exact) mass is 546 g/mol. The van der Waals surface area contributed by atoms with E-state index >= 15 is 0 Å². The van der Waals surface area contributed by atoms with Gasteiger partial charge >= 0.3 is 11.9 Å². The number of rotatable bonds is 10. The molecule has 1 unspecified atom stereocenters. The van der Waals surface area contributed by atoms with Crippen molar-refractivity contribution in [2.45, 2.75) is 39.4 Å². The fraction of sp³-hybridized carbons (Fsp3) is 0.500. The molecule has 0 saturated carbocycles. The third-order valence-corrected chi connectivity index (χ3v) is 6.63. The number of carbonyl (C=O) groups is 1. The molecular weight excluding hydrogens is 513 g/mol.